The molecule has 1 N–H and O–H groups in total. The molecule has 1 aromatic carbocycles. The Balaban J connectivity index is 2.06. The fourth-order valence-corrected chi connectivity index (χ4v) is 3.39. The molecule has 0 heterocycles. The molecule has 1 heteroatoms. The SMILES string of the molecule is CC(C)(C)NCC1CCCC1c1ccc(C(C)(C)C)cc1. The van der Waals surface area contributed by atoms with Gasteiger partial charge in [0.1, 0.15) is 0 Å². The molecule has 0 aromatic heterocycles. The Kier molecular flexibility index (Phi) is 4.82. The molecule has 0 amide bonds. The number of nitrogens with one attached hydrogen (secondary N) is 1. The second-order valence-corrected chi connectivity index (χ2v) is 8.80. The van der Waals surface area contributed by atoms with Gasteiger partial charge in [0, 0.05) is 5.54 Å². The topological polar surface area (TPSA) is 12.0 Å². The van der Waals surface area contributed by atoms with Crippen LogP contribution >= 0.6 is 0 Å². The normalized spacial score (nSPS) is 23.5. The van der Waals surface area contributed by atoms with Gasteiger partial charge in [-0.25, -0.2) is 0 Å². The van der Waals surface area contributed by atoms with Crippen LogP contribution in [0.4, 0.5) is 0 Å². The maximum absolute atomic E-state index is 3.70. The largest absolute Gasteiger partial charge is 0.312 e. The van der Waals surface area contributed by atoms with Crippen molar-refractivity contribution in [3.63, 3.8) is 0 Å². The van der Waals surface area contributed by atoms with Crippen LogP contribution in [0.1, 0.15) is 77.8 Å². The van der Waals surface area contributed by atoms with E-state index < -0.39 is 0 Å². The number of hydrogen-bond donors (Lipinski definition) is 1. The third kappa shape index (κ3) is 4.57. The third-order valence-corrected chi connectivity index (χ3v) is 4.76. The van der Waals surface area contributed by atoms with E-state index in [1.165, 1.54) is 24.8 Å². The second kappa shape index (κ2) is 6.12. The fourth-order valence-electron chi connectivity index (χ4n) is 3.39. The lowest BCUT2D eigenvalue weighted by Gasteiger charge is -2.27. The lowest BCUT2D eigenvalue weighted by Crippen LogP contribution is -2.39. The Morgan fingerprint density at radius 1 is 0.952 bits per heavy atom. The van der Waals surface area contributed by atoms with E-state index in [0.29, 0.717) is 0 Å². The third-order valence-electron chi connectivity index (χ3n) is 4.76. The molecule has 1 nitrogen and oxygen atoms in total. The Morgan fingerprint density at radius 2 is 1.57 bits per heavy atom. The van der Waals surface area contributed by atoms with Gasteiger partial charge in [0.15, 0.2) is 0 Å². The summed E-state index contributed by atoms with van der Waals surface area (Å²) in [5.41, 5.74) is 3.46. The molecule has 118 valence electrons. The average Bonchev–Trinajstić information content (AvgIpc) is 2.83. The summed E-state index contributed by atoms with van der Waals surface area (Å²) in [5, 5.41) is 3.70. The van der Waals surface area contributed by atoms with E-state index in [2.05, 4.69) is 71.1 Å². The summed E-state index contributed by atoms with van der Waals surface area (Å²) in [4.78, 5) is 0. The molecule has 0 radical (unpaired) electrons. The summed E-state index contributed by atoms with van der Waals surface area (Å²) >= 11 is 0. The first kappa shape index (κ1) is 16.5. The lowest BCUT2D eigenvalue weighted by molar-refractivity contribution is 0.356. The minimum Gasteiger partial charge on any atom is -0.312 e. The van der Waals surface area contributed by atoms with Crippen molar-refractivity contribution >= 4 is 0 Å². The zero-order valence-electron chi connectivity index (χ0n) is 14.8. The highest BCUT2D eigenvalue weighted by atomic mass is 14.9. The molecular formula is C20H33N. The molecule has 1 aliphatic rings. The van der Waals surface area contributed by atoms with Crippen LogP contribution < -0.4 is 5.32 Å². The van der Waals surface area contributed by atoms with Gasteiger partial charge in [-0.1, -0.05) is 51.5 Å². The molecule has 1 fully saturated rings. The van der Waals surface area contributed by atoms with Crippen molar-refractivity contribution in [3.8, 4) is 0 Å². The van der Waals surface area contributed by atoms with E-state index in [-0.39, 0.29) is 11.0 Å². The number of hydrogen-bond acceptors (Lipinski definition) is 1. The lowest BCUT2D eigenvalue weighted by atomic mass is 9.83. The van der Waals surface area contributed by atoms with Crippen molar-refractivity contribution in [2.24, 2.45) is 5.92 Å². The van der Waals surface area contributed by atoms with E-state index >= 15 is 0 Å². The van der Waals surface area contributed by atoms with Gasteiger partial charge in [-0.15, -0.1) is 0 Å². The van der Waals surface area contributed by atoms with Crippen molar-refractivity contribution in [1.29, 1.82) is 0 Å². The monoisotopic (exact) mass is 287 g/mol. The number of benzene rings is 1. The van der Waals surface area contributed by atoms with Gasteiger partial charge in [0.2, 0.25) is 0 Å². The fraction of sp³-hybridized carbons (Fsp3) is 0.700. The van der Waals surface area contributed by atoms with Crippen molar-refractivity contribution in [2.45, 2.75) is 77.7 Å². The second-order valence-electron chi connectivity index (χ2n) is 8.80. The van der Waals surface area contributed by atoms with Crippen LogP contribution in [-0.4, -0.2) is 12.1 Å². The first-order valence-electron chi connectivity index (χ1n) is 8.52. The van der Waals surface area contributed by atoms with E-state index in [1.807, 2.05) is 0 Å². The zero-order chi connectivity index (χ0) is 15.7. The molecule has 2 atom stereocenters. The van der Waals surface area contributed by atoms with Gasteiger partial charge in [0.25, 0.3) is 0 Å². The molecule has 1 aliphatic carbocycles. The van der Waals surface area contributed by atoms with E-state index in [1.54, 1.807) is 5.56 Å². The van der Waals surface area contributed by atoms with Gasteiger partial charge in [-0.3, -0.25) is 0 Å². The van der Waals surface area contributed by atoms with Gasteiger partial charge >= 0.3 is 0 Å². The Morgan fingerprint density at radius 3 is 2.10 bits per heavy atom. The molecule has 0 aliphatic heterocycles. The van der Waals surface area contributed by atoms with Crippen LogP contribution in [0.5, 0.6) is 0 Å². The summed E-state index contributed by atoms with van der Waals surface area (Å²) in [6.45, 7) is 14.8. The zero-order valence-corrected chi connectivity index (χ0v) is 14.8. The molecule has 21 heavy (non-hydrogen) atoms. The van der Waals surface area contributed by atoms with Gasteiger partial charge < -0.3 is 5.32 Å². The summed E-state index contributed by atoms with van der Waals surface area (Å²) in [6, 6.07) is 9.42. The van der Waals surface area contributed by atoms with E-state index in [4.69, 9.17) is 0 Å². The first-order chi connectivity index (χ1) is 9.67. The van der Waals surface area contributed by atoms with Crippen LogP contribution in [0, 0.1) is 5.92 Å². The Bertz CT molecular complexity index is 444. The maximum atomic E-state index is 3.70. The summed E-state index contributed by atoms with van der Waals surface area (Å²) < 4.78 is 0. The predicted molar refractivity (Wildman–Crippen MR) is 93.0 cm³/mol. The molecule has 0 spiro atoms. The van der Waals surface area contributed by atoms with Crippen molar-refractivity contribution in [1.82, 2.24) is 5.32 Å². The van der Waals surface area contributed by atoms with E-state index in [0.717, 1.165) is 18.4 Å². The number of rotatable bonds is 3. The highest BCUT2D eigenvalue weighted by Crippen LogP contribution is 2.40. The maximum Gasteiger partial charge on any atom is 0.00966 e. The molecule has 2 unspecified atom stereocenters. The molecule has 2 rings (SSSR count). The summed E-state index contributed by atoms with van der Waals surface area (Å²) in [6.07, 6.45) is 4.10. The highest BCUT2D eigenvalue weighted by molar-refractivity contribution is 5.30. The van der Waals surface area contributed by atoms with Gasteiger partial charge in [0.05, 0.1) is 0 Å². The Hall–Kier alpha value is -0.820. The molecule has 1 saturated carbocycles. The summed E-state index contributed by atoms with van der Waals surface area (Å²) in [5.74, 6) is 1.54. The standard InChI is InChI=1S/C20H33N/c1-19(2,3)17-12-10-15(11-13-17)18-9-7-8-16(18)14-21-20(4,5)6/h10-13,16,18,21H,7-9,14H2,1-6H3. The highest BCUT2D eigenvalue weighted by Gasteiger charge is 2.29. The van der Waals surface area contributed by atoms with Crippen LogP contribution in [0.2, 0.25) is 0 Å². The molecule has 1 aromatic rings. The summed E-state index contributed by atoms with van der Waals surface area (Å²) in [7, 11) is 0. The van der Waals surface area contributed by atoms with Crippen LogP contribution in [0.15, 0.2) is 24.3 Å². The minimum atomic E-state index is 0.225. The first-order valence-corrected chi connectivity index (χ1v) is 8.52. The average molecular weight is 287 g/mol. The minimum absolute atomic E-state index is 0.225. The van der Waals surface area contributed by atoms with E-state index in [9.17, 15) is 0 Å². The molecule has 0 bridgehead atoms. The van der Waals surface area contributed by atoms with Crippen molar-refractivity contribution in [3.05, 3.63) is 35.4 Å². The van der Waals surface area contributed by atoms with Gasteiger partial charge in [-0.2, -0.15) is 0 Å². The van der Waals surface area contributed by atoms with Crippen LogP contribution in [0.25, 0.3) is 0 Å². The molecular weight excluding hydrogens is 254 g/mol. The smallest absolute Gasteiger partial charge is 0.00966 e. The van der Waals surface area contributed by atoms with Crippen LogP contribution in [-0.2, 0) is 5.41 Å². The quantitative estimate of drug-likeness (QED) is 0.800. The molecule has 0 saturated heterocycles. The van der Waals surface area contributed by atoms with Crippen LogP contribution in [0.3, 0.4) is 0 Å². The van der Waals surface area contributed by atoms with Crippen molar-refractivity contribution < 1.29 is 0 Å². The van der Waals surface area contributed by atoms with Gasteiger partial charge in [-0.05, 0) is 68.5 Å². The van der Waals surface area contributed by atoms with Crippen molar-refractivity contribution in [2.75, 3.05) is 6.54 Å². The predicted octanol–water partition coefficient (Wildman–Crippen LogP) is 5.26. The Labute approximate surface area is 131 Å².